The van der Waals surface area contributed by atoms with Gasteiger partial charge in [-0.05, 0) is 19.1 Å². The molecule has 0 aliphatic rings. The minimum absolute atomic E-state index is 0.0832. The normalized spacial score (nSPS) is 10.5. The number of carboxylic acids is 1. The molecule has 0 amide bonds. The van der Waals surface area contributed by atoms with Gasteiger partial charge in [0.25, 0.3) is 0 Å². The predicted octanol–water partition coefficient (Wildman–Crippen LogP) is 1.60. The molecule has 0 atom stereocenters. The lowest BCUT2D eigenvalue weighted by molar-refractivity contribution is 0.0697. The van der Waals surface area contributed by atoms with Crippen LogP contribution in [0.3, 0.4) is 0 Å². The number of hydrogen-bond acceptors (Lipinski definition) is 3. The van der Waals surface area contributed by atoms with Crippen molar-refractivity contribution in [2.75, 3.05) is 5.73 Å². The van der Waals surface area contributed by atoms with Crippen LogP contribution in [-0.4, -0.2) is 20.9 Å². The third kappa shape index (κ3) is 1.73. The summed E-state index contributed by atoms with van der Waals surface area (Å²) >= 11 is 0. The summed E-state index contributed by atoms with van der Waals surface area (Å²) in [7, 11) is 0. The highest BCUT2D eigenvalue weighted by atomic mass is 19.1. The Morgan fingerprint density at radius 3 is 2.65 bits per heavy atom. The first kappa shape index (κ1) is 11.1. The molecule has 2 rings (SSSR count). The fraction of sp³-hybridized carbons (Fsp3) is 0.0909. The molecule has 0 saturated heterocycles. The molecule has 0 radical (unpaired) electrons. The van der Waals surface area contributed by atoms with Crippen LogP contribution in [0.25, 0.3) is 5.69 Å². The lowest BCUT2D eigenvalue weighted by Gasteiger charge is -2.04. The molecule has 1 heterocycles. The molecule has 6 heteroatoms. The molecule has 1 aromatic heterocycles. The van der Waals surface area contributed by atoms with Crippen LogP contribution in [0.4, 0.5) is 10.2 Å². The number of nitrogens with two attached hydrogens (primary N) is 1. The molecule has 2 aromatic rings. The number of aromatic carboxylic acids is 1. The number of para-hydroxylation sites is 1. The van der Waals surface area contributed by atoms with Gasteiger partial charge in [0.2, 0.25) is 0 Å². The van der Waals surface area contributed by atoms with E-state index in [1.165, 1.54) is 25.1 Å². The molecule has 17 heavy (non-hydrogen) atoms. The van der Waals surface area contributed by atoms with Crippen molar-refractivity contribution < 1.29 is 14.3 Å². The Bertz CT molecular complexity index is 592. The molecule has 0 aliphatic carbocycles. The van der Waals surface area contributed by atoms with Crippen LogP contribution in [0.2, 0.25) is 0 Å². The van der Waals surface area contributed by atoms with Crippen LogP contribution in [-0.2, 0) is 0 Å². The maximum Gasteiger partial charge on any atom is 0.341 e. The summed E-state index contributed by atoms with van der Waals surface area (Å²) in [6.45, 7) is 1.51. The van der Waals surface area contributed by atoms with Gasteiger partial charge in [0.05, 0.1) is 5.69 Å². The van der Waals surface area contributed by atoms with Crippen LogP contribution in [0.1, 0.15) is 16.1 Å². The van der Waals surface area contributed by atoms with E-state index in [4.69, 9.17) is 10.8 Å². The molecular weight excluding hydrogens is 225 g/mol. The number of benzene rings is 1. The van der Waals surface area contributed by atoms with E-state index in [2.05, 4.69) is 5.10 Å². The zero-order chi connectivity index (χ0) is 12.6. The molecule has 0 aliphatic heterocycles. The van der Waals surface area contributed by atoms with Gasteiger partial charge in [-0.3, -0.25) is 0 Å². The maximum atomic E-state index is 13.5. The Kier molecular flexibility index (Phi) is 2.55. The lowest BCUT2D eigenvalue weighted by atomic mass is 10.2. The molecule has 5 nitrogen and oxygen atoms in total. The van der Waals surface area contributed by atoms with E-state index in [9.17, 15) is 9.18 Å². The number of nitrogen functional groups attached to an aromatic ring is 1. The van der Waals surface area contributed by atoms with Crippen LogP contribution in [0, 0.1) is 12.7 Å². The summed E-state index contributed by atoms with van der Waals surface area (Å²) in [4.78, 5) is 10.9. The van der Waals surface area contributed by atoms with E-state index in [-0.39, 0.29) is 22.8 Å². The number of aryl methyl sites for hydroxylation is 1. The smallest absolute Gasteiger partial charge is 0.341 e. The largest absolute Gasteiger partial charge is 0.477 e. The molecule has 0 bridgehead atoms. The van der Waals surface area contributed by atoms with Gasteiger partial charge in [-0.15, -0.1) is 0 Å². The van der Waals surface area contributed by atoms with Gasteiger partial charge in [0.15, 0.2) is 0 Å². The number of carboxylic acid groups (broad SMARTS) is 1. The molecule has 0 spiro atoms. The molecule has 3 N–H and O–H groups in total. The standard InChI is InChI=1S/C11H10FN3O2/c1-6-9(11(16)17)10(13)15(14-6)8-5-3-2-4-7(8)12/h2-5H,13H2,1H3,(H,16,17). The predicted molar refractivity (Wildman–Crippen MR) is 59.6 cm³/mol. The number of nitrogens with zero attached hydrogens (tertiary/aromatic N) is 2. The first-order valence-electron chi connectivity index (χ1n) is 4.85. The van der Waals surface area contributed by atoms with E-state index in [0.29, 0.717) is 0 Å². The second-order valence-corrected chi connectivity index (χ2v) is 3.51. The molecule has 0 fully saturated rings. The van der Waals surface area contributed by atoms with Crippen molar-refractivity contribution in [3.8, 4) is 5.69 Å². The van der Waals surface area contributed by atoms with Crippen LogP contribution in [0.5, 0.6) is 0 Å². The summed E-state index contributed by atoms with van der Waals surface area (Å²) < 4.78 is 14.6. The van der Waals surface area contributed by atoms with Gasteiger partial charge < -0.3 is 10.8 Å². The minimum Gasteiger partial charge on any atom is -0.477 e. The number of aromatic nitrogens is 2. The second kappa shape index (κ2) is 3.89. The number of hydrogen-bond donors (Lipinski definition) is 2. The number of carbonyl (C=O) groups is 1. The first-order chi connectivity index (χ1) is 8.02. The quantitative estimate of drug-likeness (QED) is 0.828. The molecule has 1 aromatic carbocycles. The average molecular weight is 235 g/mol. The Morgan fingerprint density at radius 2 is 2.12 bits per heavy atom. The van der Waals surface area contributed by atoms with E-state index in [1.54, 1.807) is 6.07 Å². The van der Waals surface area contributed by atoms with Gasteiger partial charge in [-0.25, -0.2) is 13.9 Å². The van der Waals surface area contributed by atoms with Crippen LogP contribution < -0.4 is 5.73 Å². The molecular formula is C11H10FN3O2. The van der Waals surface area contributed by atoms with E-state index >= 15 is 0 Å². The van der Waals surface area contributed by atoms with Crippen LogP contribution in [0.15, 0.2) is 24.3 Å². The summed E-state index contributed by atoms with van der Waals surface area (Å²) in [6.07, 6.45) is 0. The van der Waals surface area contributed by atoms with Gasteiger partial charge in [0.1, 0.15) is 22.9 Å². The van der Waals surface area contributed by atoms with E-state index in [1.807, 2.05) is 0 Å². The summed E-state index contributed by atoms with van der Waals surface area (Å²) in [6, 6.07) is 5.88. The highest BCUT2D eigenvalue weighted by Crippen LogP contribution is 2.22. The Hall–Kier alpha value is -2.37. The zero-order valence-electron chi connectivity index (χ0n) is 9.01. The number of rotatable bonds is 2. The topological polar surface area (TPSA) is 81.1 Å². The second-order valence-electron chi connectivity index (χ2n) is 3.51. The number of halogens is 1. The Balaban J connectivity index is 2.66. The van der Waals surface area contributed by atoms with E-state index in [0.717, 1.165) is 4.68 Å². The summed E-state index contributed by atoms with van der Waals surface area (Å²) in [5.41, 5.74) is 5.93. The molecule has 88 valence electrons. The highest BCUT2D eigenvalue weighted by Gasteiger charge is 2.20. The Labute approximate surface area is 96.3 Å². The fourth-order valence-electron chi connectivity index (χ4n) is 1.62. The highest BCUT2D eigenvalue weighted by molar-refractivity contribution is 5.94. The fourth-order valence-corrected chi connectivity index (χ4v) is 1.62. The number of anilines is 1. The van der Waals surface area contributed by atoms with Crippen molar-refractivity contribution >= 4 is 11.8 Å². The molecule has 0 unspecified atom stereocenters. The zero-order valence-corrected chi connectivity index (χ0v) is 9.01. The molecule has 0 saturated carbocycles. The SMILES string of the molecule is Cc1nn(-c2ccccc2F)c(N)c1C(=O)O. The third-order valence-electron chi connectivity index (χ3n) is 2.39. The van der Waals surface area contributed by atoms with E-state index < -0.39 is 11.8 Å². The van der Waals surface area contributed by atoms with Gasteiger partial charge in [-0.1, -0.05) is 12.1 Å². The van der Waals surface area contributed by atoms with Gasteiger partial charge >= 0.3 is 5.97 Å². The minimum atomic E-state index is -1.18. The van der Waals surface area contributed by atoms with Crippen molar-refractivity contribution in [1.29, 1.82) is 0 Å². The third-order valence-corrected chi connectivity index (χ3v) is 2.39. The van der Waals surface area contributed by atoms with Crippen LogP contribution >= 0.6 is 0 Å². The van der Waals surface area contributed by atoms with Crippen molar-refractivity contribution in [2.24, 2.45) is 0 Å². The average Bonchev–Trinajstić information content (AvgIpc) is 2.55. The monoisotopic (exact) mass is 235 g/mol. The summed E-state index contributed by atoms with van der Waals surface area (Å²) in [5.74, 6) is -1.78. The van der Waals surface area contributed by atoms with Crippen molar-refractivity contribution in [2.45, 2.75) is 6.92 Å². The lowest BCUT2D eigenvalue weighted by Crippen LogP contribution is -2.07. The van der Waals surface area contributed by atoms with Gasteiger partial charge in [0, 0.05) is 0 Å². The van der Waals surface area contributed by atoms with Crippen molar-refractivity contribution in [3.05, 3.63) is 41.3 Å². The van der Waals surface area contributed by atoms with Crippen molar-refractivity contribution in [1.82, 2.24) is 9.78 Å². The summed E-state index contributed by atoms with van der Waals surface area (Å²) in [5, 5.41) is 12.9. The van der Waals surface area contributed by atoms with Crippen molar-refractivity contribution in [3.63, 3.8) is 0 Å². The van der Waals surface area contributed by atoms with Gasteiger partial charge in [-0.2, -0.15) is 5.10 Å². The Morgan fingerprint density at radius 1 is 1.47 bits per heavy atom. The first-order valence-corrected chi connectivity index (χ1v) is 4.85. The maximum absolute atomic E-state index is 13.5.